The Labute approximate surface area is 107 Å². The van der Waals surface area contributed by atoms with E-state index < -0.39 is 17.8 Å². The summed E-state index contributed by atoms with van der Waals surface area (Å²) in [6, 6.07) is 5.36. The first-order valence-electron chi connectivity index (χ1n) is 5.52. The van der Waals surface area contributed by atoms with E-state index in [9.17, 15) is 13.2 Å². The molecule has 0 bridgehead atoms. The van der Waals surface area contributed by atoms with Gasteiger partial charge in [0.2, 0.25) is 0 Å². The summed E-state index contributed by atoms with van der Waals surface area (Å²) in [7, 11) is 0. The monoisotopic (exact) mass is 271 g/mol. The Kier molecular flexibility index (Phi) is 3.87. The predicted molar refractivity (Wildman–Crippen MR) is 61.7 cm³/mol. The van der Waals surface area contributed by atoms with Gasteiger partial charge in [0.15, 0.2) is 0 Å². The lowest BCUT2D eigenvalue weighted by molar-refractivity contribution is -0.137. The van der Waals surface area contributed by atoms with Crippen LogP contribution in [0.15, 0.2) is 41.1 Å². The van der Waals surface area contributed by atoms with Crippen LogP contribution in [0.1, 0.15) is 23.1 Å². The summed E-state index contributed by atoms with van der Waals surface area (Å²) < 4.78 is 42.4. The number of nitrogens with one attached hydrogen (secondary N) is 1. The first-order valence-corrected chi connectivity index (χ1v) is 5.52. The molecule has 1 atom stereocenters. The number of hydrazine groups is 1. The Balaban J connectivity index is 2.15. The van der Waals surface area contributed by atoms with Crippen molar-refractivity contribution in [3.05, 3.63) is 53.7 Å². The molecule has 0 spiro atoms. The number of hydrogen-bond donors (Lipinski definition) is 2. The molecule has 102 valence electrons. The molecule has 0 aliphatic rings. The van der Waals surface area contributed by atoms with Gasteiger partial charge < -0.3 is 4.42 Å². The third kappa shape index (κ3) is 3.33. The van der Waals surface area contributed by atoms with Crippen LogP contribution in [0.25, 0.3) is 0 Å². The molecular formula is C12H12F3N3O. The normalized spacial score (nSPS) is 13.5. The van der Waals surface area contributed by atoms with Gasteiger partial charge in [-0.05, 0) is 24.3 Å². The number of alkyl halides is 3. The summed E-state index contributed by atoms with van der Waals surface area (Å²) in [5.41, 5.74) is 2.15. The minimum atomic E-state index is -4.39. The van der Waals surface area contributed by atoms with Crippen molar-refractivity contribution in [2.24, 2.45) is 5.84 Å². The Morgan fingerprint density at radius 3 is 2.58 bits per heavy atom. The zero-order valence-corrected chi connectivity index (χ0v) is 9.82. The summed E-state index contributed by atoms with van der Waals surface area (Å²) >= 11 is 0. The van der Waals surface area contributed by atoms with Crippen molar-refractivity contribution in [1.29, 1.82) is 0 Å². The molecule has 0 saturated carbocycles. The fourth-order valence-corrected chi connectivity index (χ4v) is 1.66. The number of furan rings is 1. The number of hydrogen-bond acceptors (Lipinski definition) is 4. The van der Waals surface area contributed by atoms with E-state index in [-0.39, 0.29) is 0 Å². The van der Waals surface area contributed by atoms with E-state index in [1.165, 1.54) is 12.3 Å². The van der Waals surface area contributed by atoms with Crippen molar-refractivity contribution in [2.45, 2.75) is 18.6 Å². The zero-order chi connectivity index (χ0) is 13.9. The van der Waals surface area contributed by atoms with Gasteiger partial charge in [0, 0.05) is 12.6 Å². The highest BCUT2D eigenvalue weighted by molar-refractivity contribution is 5.20. The SMILES string of the molecule is NNC(Cc1ccco1)c1ccc(C(F)(F)F)cn1. The maximum Gasteiger partial charge on any atom is 0.417 e. The van der Waals surface area contributed by atoms with Gasteiger partial charge in [0.1, 0.15) is 5.76 Å². The molecule has 3 N–H and O–H groups in total. The molecule has 0 fully saturated rings. The van der Waals surface area contributed by atoms with Gasteiger partial charge in [-0.15, -0.1) is 0 Å². The molecule has 2 aromatic heterocycles. The molecule has 1 unspecified atom stereocenters. The van der Waals surface area contributed by atoms with Crippen molar-refractivity contribution >= 4 is 0 Å². The van der Waals surface area contributed by atoms with Gasteiger partial charge in [0.25, 0.3) is 0 Å². The van der Waals surface area contributed by atoms with E-state index in [2.05, 4.69) is 10.4 Å². The van der Waals surface area contributed by atoms with Gasteiger partial charge in [-0.1, -0.05) is 0 Å². The summed E-state index contributed by atoms with van der Waals surface area (Å²) in [4.78, 5) is 3.79. The largest absolute Gasteiger partial charge is 0.469 e. The molecule has 0 saturated heterocycles. The van der Waals surface area contributed by atoms with Crippen LogP contribution >= 0.6 is 0 Å². The molecule has 4 nitrogen and oxygen atoms in total. The molecule has 19 heavy (non-hydrogen) atoms. The van der Waals surface area contributed by atoms with Crippen molar-refractivity contribution < 1.29 is 17.6 Å². The number of pyridine rings is 1. The van der Waals surface area contributed by atoms with Gasteiger partial charge in [0.05, 0.1) is 23.6 Å². The van der Waals surface area contributed by atoms with Crippen molar-refractivity contribution in [2.75, 3.05) is 0 Å². The average Bonchev–Trinajstić information content (AvgIpc) is 2.88. The molecule has 2 rings (SSSR count). The molecule has 2 heterocycles. The molecule has 0 aromatic carbocycles. The highest BCUT2D eigenvalue weighted by Crippen LogP contribution is 2.29. The minimum absolute atomic E-state index is 0.405. The zero-order valence-electron chi connectivity index (χ0n) is 9.82. The maximum atomic E-state index is 12.4. The van der Waals surface area contributed by atoms with Crippen LogP contribution in [-0.4, -0.2) is 4.98 Å². The Bertz CT molecular complexity index is 508. The topological polar surface area (TPSA) is 64.1 Å². The van der Waals surface area contributed by atoms with Crippen LogP contribution in [0.3, 0.4) is 0 Å². The van der Waals surface area contributed by atoms with Gasteiger partial charge in [-0.25, -0.2) is 0 Å². The molecule has 0 radical (unpaired) electrons. The number of rotatable bonds is 4. The van der Waals surface area contributed by atoms with E-state index in [4.69, 9.17) is 10.3 Å². The highest BCUT2D eigenvalue weighted by Gasteiger charge is 2.31. The second kappa shape index (κ2) is 5.41. The number of nitrogens with two attached hydrogens (primary N) is 1. The molecule has 0 aliphatic heterocycles. The van der Waals surface area contributed by atoms with E-state index in [1.54, 1.807) is 12.1 Å². The number of halogens is 3. The Hall–Kier alpha value is -1.86. The smallest absolute Gasteiger partial charge is 0.417 e. The lowest BCUT2D eigenvalue weighted by Crippen LogP contribution is -2.30. The van der Waals surface area contributed by atoms with E-state index in [1.807, 2.05) is 0 Å². The molecule has 0 aliphatic carbocycles. The number of aromatic nitrogens is 1. The summed E-state index contributed by atoms with van der Waals surface area (Å²) in [6.45, 7) is 0. The summed E-state index contributed by atoms with van der Waals surface area (Å²) in [5.74, 6) is 6.06. The maximum absolute atomic E-state index is 12.4. The van der Waals surface area contributed by atoms with Crippen LogP contribution < -0.4 is 11.3 Å². The van der Waals surface area contributed by atoms with E-state index in [0.29, 0.717) is 17.9 Å². The van der Waals surface area contributed by atoms with Crippen LogP contribution in [-0.2, 0) is 12.6 Å². The average molecular weight is 271 g/mol. The predicted octanol–water partition coefficient (Wildman–Crippen LogP) is 2.44. The highest BCUT2D eigenvalue weighted by atomic mass is 19.4. The van der Waals surface area contributed by atoms with Crippen molar-refractivity contribution in [3.63, 3.8) is 0 Å². The second-order valence-electron chi connectivity index (χ2n) is 3.97. The quantitative estimate of drug-likeness (QED) is 0.662. The fourth-order valence-electron chi connectivity index (χ4n) is 1.66. The van der Waals surface area contributed by atoms with Gasteiger partial charge in [-0.2, -0.15) is 13.2 Å². The Morgan fingerprint density at radius 1 is 1.32 bits per heavy atom. The lowest BCUT2D eigenvalue weighted by atomic mass is 10.1. The van der Waals surface area contributed by atoms with Crippen LogP contribution in [0.5, 0.6) is 0 Å². The molecule has 2 aromatic rings. The standard InChI is InChI=1S/C12H12F3N3O/c13-12(14,15)8-3-4-10(17-7-8)11(18-16)6-9-2-1-5-19-9/h1-5,7,11,18H,6,16H2. The minimum Gasteiger partial charge on any atom is -0.469 e. The third-order valence-corrected chi connectivity index (χ3v) is 2.66. The molecule has 7 heteroatoms. The molecule has 0 amide bonds. The van der Waals surface area contributed by atoms with Gasteiger partial charge >= 0.3 is 6.18 Å². The number of nitrogens with zero attached hydrogens (tertiary/aromatic N) is 1. The van der Waals surface area contributed by atoms with Crippen LogP contribution in [0, 0.1) is 0 Å². The van der Waals surface area contributed by atoms with Crippen molar-refractivity contribution in [1.82, 2.24) is 10.4 Å². The van der Waals surface area contributed by atoms with Crippen molar-refractivity contribution in [3.8, 4) is 0 Å². The summed E-state index contributed by atoms with van der Waals surface area (Å²) in [5, 5.41) is 0. The first kappa shape index (κ1) is 13.6. The molecular weight excluding hydrogens is 259 g/mol. The Morgan fingerprint density at radius 2 is 2.11 bits per heavy atom. The van der Waals surface area contributed by atoms with E-state index >= 15 is 0 Å². The van der Waals surface area contributed by atoms with Crippen LogP contribution in [0.2, 0.25) is 0 Å². The lowest BCUT2D eigenvalue weighted by Gasteiger charge is -2.15. The first-order chi connectivity index (χ1) is 9.00. The van der Waals surface area contributed by atoms with Gasteiger partial charge in [-0.3, -0.25) is 16.3 Å². The fraction of sp³-hybridized carbons (Fsp3) is 0.250. The van der Waals surface area contributed by atoms with E-state index in [0.717, 1.165) is 12.3 Å². The third-order valence-electron chi connectivity index (χ3n) is 2.66. The summed E-state index contributed by atoms with van der Waals surface area (Å²) in [6.07, 6.45) is -1.68. The van der Waals surface area contributed by atoms with Crippen LogP contribution in [0.4, 0.5) is 13.2 Å². The second-order valence-corrected chi connectivity index (χ2v) is 3.97.